The molecule has 1 aromatic carbocycles. The predicted octanol–water partition coefficient (Wildman–Crippen LogP) is 2.71. The minimum Gasteiger partial charge on any atom is -0.338 e. The van der Waals surface area contributed by atoms with Crippen LogP contribution in [0.5, 0.6) is 0 Å². The van der Waals surface area contributed by atoms with Crippen molar-refractivity contribution in [3.05, 3.63) is 53.3 Å². The summed E-state index contributed by atoms with van der Waals surface area (Å²) in [7, 11) is 0. The average molecular weight is 364 g/mol. The summed E-state index contributed by atoms with van der Waals surface area (Å²) in [6, 6.07) is 11.6. The second-order valence-electron chi connectivity index (χ2n) is 8.20. The second-order valence-corrected chi connectivity index (χ2v) is 8.20. The van der Waals surface area contributed by atoms with E-state index < -0.39 is 0 Å². The number of rotatable bonds is 4. The lowest BCUT2D eigenvalue weighted by atomic mass is 9.91. The summed E-state index contributed by atoms with van der Waals surface area (Å²) in [6.07, 6.45) is 7.32. The van der Waals surface area contributed by atoms with Crippen molar-refractivity contribution < 1.29 is 0 Å². The van der Waals surface area contributed by atoms with Crippen LogP contribution in [0.3, 0.4) is 0 Å². The smallest absolute Gasteiger partial charge is 0.225 e. The van der Waals surface area contributed by atoms with E-state index in [0.717, 1.165) is 64.2 Å². The summed E-state index contributed by atoms with van der Waals surface area (Å²) >= 11 is 0. The van der Waals surface area contributed by atoms with Crippen LogP contribution in [0, 0.1) is 0 Å². The summed E-state index contributed by atoms with van der Waals surface area (Å²) in [4.78, 5) is 17.2. The molecular weight excluding hydrogens is 334 g/mol. The van der Waals surface area contributed by atoms with E-state index in [1.54, 1.807) is 0 Å². The molecule has 3 aliphatic rings. The van der Waals surface area contributed by atoms with Crippen molar-refractivity contribution in [1.29, 1.82) is 0 Å². The highest BCUT2D eigenvalue weighted by molar-refractivity contribution is 5.35. The third kappa shape index (κ3) is 3.71. The lowest BCUT2D eigenvalue weighted by Gasteiger charge is -2.43. The predicted molar refractivity (Wildman–Crippen MR) is 108 cm³/mol. The number of piperazine rings is 1. The maximum absolute atomic E-state index is 4.95. The average Bonchev–Trinajstić information content (AvgIpc) is 2.68. The Kier molecular flexibility index (Phi) is 4.80. The van der Waals surface area contributed by atoms with Crippen molar-refractivity contribution in [2.24, 2.45) is 0 Å². The van der Waals surface area contributed by atoms with Gasteiger partial charge in [-0.3, -0.25) is 9.80 Å². The first-order chi connectivity index (χ1) is 13.3. The lowest BCUT2D eigenvalue weighted by molar-refractivity contribution is 0.120. The van der Waals surface area contributed by atoms with Crippen LogP contribution in [0.4, 0.5) is 5.95 Å². The van der Waals surface area contributed by atoms with Crippen LogP contribution in [-0.2, 0) is 19.5 Å². The highest BCUT2D eigenvalue weighted by Crippen LogP contribution is 2.26. The van der Waals surface area contributed by atoms with Crippen LogP contribution in [0.2, 0.25) is 0 Å². The fraction of sp³-hybridized carbons (Fsp3) is 0.545. The largest absolute Gasteiger partial charge is 0.338 e. The molecule has 0 unspecified atom stereocenters. The van der Waals surface area contributed by atoms with Crippen molar-refractivity contribution in [3.8, 4) is 0 Å². The van der Waals surface area contributed by atoms with Gasteiger partial charge in [0, 0.05) is 70.0 Å². The fourth-order valence-corrected chi connectivity index (χ4v) is 4.53. The Bertz CT molecular complexity index is 766. The molecule has 5 rings (SSSR count). The number of hydrogen-bond donors (Lipinski definition) is 0. The normalized spacial score (nSPS) is 21.7. The number of nitrogens with zero attached hydrogens (tertiary/aromatic N) is 5. The monoisotopic (exact) mass is 363 g/mol. The minimum absolute atomic E-state index is 0.854. The third-order valence-corrected chi connectivity index (χ3v) is 6.44. The Labute approximate surface area is 162 Å². The molecule has 1 saturated carbocycles. The second kappa shape index (κ2) is 7.56. The van der Waals surface area contributed by atoms with E-state index in [1.807, 2.05) is 0 Å². The van der Waals surface area contributed by atoms with Gasteiger partial charge in [-0.15, -0.1) is 0 Å². The first-order valence-corrected chi connectivity index (χ1v) is 10.5. The standard InChI is InChI=1S/C22H29N5/c1-2-5-18(6-3-1)16-25-10-9-21-19(17-25)15-23-22(24-21)27-13-11-26(12-14-27)20-7-4-8-20/h1-3,5-6,15,20H,4,7-14,16-17H2. The topological polar surface area (TPSA) is 35.5 Å². The van der Waals surface area contributed by atoms with Gasteiger partial charge in [0.2, 0.25) is 5.95 Å². The summed E-state index contributed by atoms with van der Waals surface area (Å²) in [6.45, 7) is 7.50. The van der Waals surface area contributed by atoms with Gasteiger partial charge in [0.15, 0.2) is 0 Å². The molecule has 1 aliphatic carbocycles. The SMILES string of the molecule is c1ccc(CN2CCc3nc(N4CCN(C5CCC5)CC4)ncc3C2)cc1. The van der Waals surface area contributed by atoms with Crippen molar-refractivity contribution in [3.63, 3.8) is 0 Å². The van der Waals surface area contributed by atoms with E-state index >= 15 is 0 Å². The van der Waals surface area contributed by atoms with Crippen LogP contribution in [0.15, 0.2) is 36.5 Å². The molecule has 5 nitrogen and oxygen atoms in total. The first-order valence-electron chi connectivity index (χ1n) is 10.5. The van der Waals surface area contributed by atoms with E-state index in [-0.39, 0.29) is 0 Å². The Morgan fingerprint density at radius 3 is 2.52 bits per heavy atom. The van der Waals surface area contributed by atoms with Gasteiger partial charge in [-0.2, -0.15) is 0 Å². The number of anilines is 1. The zero-order valence-electron chi connectivity index (χ0n) is 16.1. The molecule has 1 aromatic heterocycles. The molecule has 0 atom stereocenters. The molecule has 0 amide bonds. The highest BCUT2D eigenvalue weighted by atomic mass is 15.3. The molecule has 5 heteroatoms. The quantitative estimate of drug-likeness (QED) is 0.835. The van der Waals surface area contributed by atoms with Crippen molar-refractivity contribution in [2.75, 3.05) is 37.6 Å². The molecule has 27 heavy (non-hydrogen) atoms. The highest BCUT2D eigenvalue weighted by Gasteiger charge is 2.29. The number of aromatic nitrogens is 2. The number of hydrogen-bond acceptors (Lipinski definition) is 5. The van der Waals surface area contributed by atoms with Crippen LogP contribution in [-0.4, -0.2) is 58.5 Å². The van der Waals surface area contributed by atoms with Gasteiger partial charge in [0.1, 0.15) is 0 Å². The molecule has 3 heterocycles. The third-order valence-electron chi connectivity index (χ3n) is 6.44. The Hall–Kier alpha value is -1.98. The van der Waals surface area contributed by atoms with Crippen LogP contribution in [0.25, 0.3) is 0 Å². The fourth-order valence-electron chi connectivity index (χ4n) is 4.53. The molecular formula is C22H29N5. The molecule has 2 aliphatic heterocycles. The van der Waals surface area contributed by atoms with Gasteiger partial charge >= 0.3 is 0 Å². The van der Waals surface area contributed by atoms with Crippen LogP contribution >= 0.6 is 0 Å². The maximum Gasteiger partial charge on any atom is 0.225 e. The molecule has 142 valence electrons. The lowest BCUT2D eigenvalue weighted by Crippen LogP contribution is -2.52. The summed E-state index contributed by atoms with van der Waals surface area (Å²) in [5, 5.41) is 0. The van der Waals surface area contributed by atoms with Crippen LogP contribution < -0.4 is 4.90 Å². The van der Waals surface area contributed by atoms with Crippen molar-refractivity contribution in [1.82, 2.24) is 19.8 Å². The first kappa shape index (κ1) is 17.1. The van der Waals surface area contributed by atoms with Gasteiger partial charge in [-0.1, -0.05) is 36.8 Å². The summed E-state index contributed by atoms with van der Waals surface area (Å²) < 4.78 is 0. The van der Waals surface area contributed by atoms with Gasteiger partial charge in [-0.05, 0) is 18.4 Å². The van der Waals surface area contributed by atoms with Gasteiger partial charge in [-0.25, -0.2) is 9.97 Å². The zero-order valence-corrected chi connectivity index (χ0v) is 16.1. The number of benzene rings is 1. The molecule has 0 spiro atoms. The van der Waals surface area contributed by atoms with E-state index in [0.29, 0.717) is 0 Å². The van der Waals surface area contributed by atoms with Crippen molar-refractivity contribution >= 4 is 5.95 Å². The molecule has 2 fully saturated rings. The van der Waals surface area contributed by atoms with E-state index in [1.165, 1.54) is 36.1 Å². The maximum atomic E-state index is 4.95. The molecule has 1 saturated heterocycles. The zero-order chi connectivity index (χ0) is 18.1. The Balaban J connectivity index is 1.21. The molecule has 2 aromatic rings. The molecule has 0 radical (unpaired) electrons. The molecule has 0 N–H and O–H groups in total. The van der Waals surface area contributed by atoms with E-state index in [4.69, 9.17) is 9.97 Å². The Morgan fingerprint density at radius 1 is 0.963 bits per heavy atom. The number of fused-ring (bicyclic) bond motifs is 1. The van der Waals surface area contributed by atoms with Gasteiger partial charge in [0.05, 0.1) is 5.69 Å². The van der Waals surface area contributed by atoms with Gasteiger partial charge in [0.25, 0.3) is 0 Å². The minimum atomic E-state index is 0.854. The van der Waals surface area contributed by atoms with Gasteiger partial charge < -0.3 is 4.90 Å². The van der Waals surface area contributed by atoms with E-state index in [9.17, 15) is 0 Å². The summed E-state index contributed by atoms with van der Waals surface area (Å²) in [5.41, 5.74) is 3.93. The molecule has 0 bridgehead atoms. The van der Waals surface area contributed by atoms with E-state index in [2.05, 4.69) is 51.2 Å². The summed E-state index contributed by atoms with van der Waals surface area (Å²) in [5.74, 6) is 0.943. The van der Waals surface area contributed by atoms with Crippen LogP contribution in [0.1, 0.15) is 36.1 Å². The van der Waals surface area contributed by atoms with Crippen molar-refractivity contribution in [2.45, 2.75) is 44.8 Å². The Morgan fingerprint density at radius 2 is 1.78 bits per heavy atom.